The van der Waals surface area contributed by atoms with E-state index in [4.69, 9.17) is 15.2 Å². The van der Waals surface area contributed by atoms with E-state index >= 15 is 0 Å². The van der Waals surface area contributed by atoms with Gasteiger partial charge in [0.05, 0.1) is 17.6 Å². The molecule has 0 aromatic carbocycles. The average molecular weight is 275 g/mol. The van der Waals surface area contributed by atoms with Crippen molar-refractivity contribution in [2.75, 3.05) is 6.54 Å². The quantitative estimate of drug-likeness (QED) is 0.660. The number of rotatable bonds is 7. The smallest absolute Gasteiger partial charge is 0.347 e. The van der Waals surface area contributed by atoms with Gasteiger partial charge < -0.3 is 20.3 Å². The molecule has 0 saturated heterocycles. The standard InChI is InChI=1S/C13H25NO5/c1-8(2)18-11(15)9(3)19-12(16)10(6-7-14)13(4,5)17/h8-10,17H,6-7,14H2,1-5H3. The number of hydrogen-bond acceptors (Lipinski definition) is 6. The van der Waals surface area contributed by atoms with Crippen LogP contribution in [0.5, 0.6) is 0 Å². The second kappa shape index (κ2) is 7.45. The van der Waals surface area contributed by atoms with Crippen LogP contribution < -0.4 is 5.73 Å². The van der Waals surface area contributed by atoms with Crippen molar-refractivity contribution < 1.29 is 24.2 Å². The van der Waals surface area contributed by atoms with Crippen molar-refractivity contribution in [1.82, 2.24) is 0 Å². The third-order valence-corrected chi connectivity index (χ3v) is 2.57. The summed E-state index contributed by atoms with van der Waals surface area (Å²) in [6, 6.07) is 0. The SMILES string of the molecule is CC(C)OC(=O)C(C)OC(=O)C(CCN)C(C)(C)O. The first kappa shape index (κ1) is 17.9. The number of esters is 2. The van der Waals surface area contributed by atoms with Gasteiger partial charge in [-0.05, 0) is 47.6 Å². The van der Waals surface area contributed by atoms with Crippen LogP contribution in [0.4, 0.5) is 0 Å². The normalized spacial score (nSPS) is 14.9. The molecule has 0 aliphatic rings. The van der Waals surface area contributed by atoms with E-state index in [2.05, 4.69) is 0 Å². The molecule has 19 heavy (non-hydrogen) atoms. The summed E-state index contributed by atoms with van der Waals surface area (Å²) < 4.78 is 9.96. The topological polar surface area (TPSA) is 98.9 Å². The maximum Gasteiger partial charge on any atom is 0.347 e. The second-order valence-electron chi connectivity index (χ2n) is 5.35. The lowest BCUT2D eigenvalue weighted by Crippen LogP contribution is -2.41. The lowest BCUT2D eigenvalue weighted by molar-refractivity contribution is -0.176. The van der Waals surface area contributed by atoms with Gasteiger partial charge in [0.15, 0.2) is 6.10 Å². The molecule has 6 nitrogen and oxygen atoms in total. The predicted molar refractivity (Wildman–Crippen MR) is 70.2 cm³/mol. The lowest BCUT2D eigenvalue weighted by Gasteiger charge is -2.28. The molecule has 0 rings (SSSR count). The molecule has 0 radical (unpaired) electrons. The van der Waals surface area contributed by atoms with Crippen LogP contribution in [0, 0.1) is 5.92 Å². The molecule has 2 unspecified atom stereocenters. The van der Waals surface area contributed by atoms with Crippen LogP contribution in [0.15, 0.2) is 0 Å². The Labute approximate surface area is 114 Å². The van der Waals surface area contributed by atoms with E-state index in [0.717, 1.165) is 0 Å². The van der Waals surface area contributed by atoms with Crippen LogP contribution in [-0.2, 0) is 19.1 Å². The largest absolute Gasteiger partial charge is 0.460 e. The monoisotopic (exact) mass is 275 g/mol. The number of carbonyl (C=O) groups excluding carboxylic acids is 2. The second-order valence-corrected chi connectivity index (χ2v) is 5.35. The maximum absolute atomic E-state index is 11.9. The molecule has 6 heteroatoms. The van der Waals surface area contributed by atoms with Crippen LogP contribution in [0.1, 0.15) is 41.0 Å². The summed E-state index contributed by atoms with van der Waals surface area (Å²) in [6.07, 6.45) is -0.992. The van der Waals surface area contributed by atoms with Crippen molar-refractivity contribution in [3.05, 3.63) is 0 Å². The molecule has 0 bridgehead atoms. The first-order valence-corrected chi connectivity index (χ1v) is 6.43. The number of ether oxygens (including phenoxy) is 2. The number of aliphatic hydroxyl groups is 1. The molecule has 0 spiro atoms. The summed E-state index contributed by atoms with van der Waals surface area (Å²) in [5.74, 6) is -2.02. The minimum absolute atomic E-state index is 0.245. The van der Waals surface area contributed by atoms with E-state index in [1.165, 1.54) is 20.8 Å². The van der Waals surface area contributed by atoms with Crippen molar-refractivity contribution in [3.8, 4) is 0 Å². The highest BCUT2D eigenvalue weighted by Crippen LogP contribution is 2.22. The van der Waals surface area contributed by atoms with Crippen LogP contribution in [0.2, 0.25) is 0 Å². The fraction of sp³-hybridized carbons (Fsp3) is 0.846. The Kier molecular flexibility index (Phi) is 7.00. The molecular formula is C13H25NO5. The third-order valence-electron chi connectivity index (χ3n) is 2.57. The number of hydrogen-bond donors (Lipinski definition) is 2. The minimum atomic E-state index is -1.25. The van der Waals surface area contributed by atoms with Gasteiger partial charge in [-0.25, -0.2) is 4.79 Å². The average Bonchev–Trinajstić information content (AvgIpc) is 2.22. The van der Waals surface area contributed by atoms with Crippen molar-refractivity contribution in [2.24, 2.45) is 11.7 Å². The van der Waals surface area contributed by atoms with Gasteiger partial charge in [0.25, 0.3) is 0 Å². The van der Waals surface area contributed by atoms with E-state index in [1.807, 2.05) is 0 Å². The highest BCUT2D eigenvalue weighted by molar-refractivity contribution is 5.80. The summed E-state index contributed by atoms with van der Waals surface area (Å²) in [6.45, 7) is 8.11. The molecule has 0 aliphatic heterocycles. The van der Waals surface area contributed by atoms with E-state index in [9.17, 15) is 14.7 Å². The van der Waals surface area contributed by atoms with Gasteiger partial charge in [-0.3, -0.25) is 4.79 Å². The molecule has 0 aromatic rings. The Morgan fingerprint density at radius 1 is 1.16 bits per heavy atom. The molecule has 0 aromatic heterocycles. The molecule has 112 valence electrons. The van der Waals surface area contributed by atoms with Crippen LogP contribution in [0.3, 0.4) is 0 Å². The Balaban J connectivity index is 4.60. The van der Waals surface area contributed by atoms with Crippen molar-refractivity contribution in [2.45, 2.75) is 58.8 Å². The Hall–Kier alpha value is -1.14. The Bertz CT molecular complexity index is 309. The van der Waals surface area contributed by atoms with Crippen LogP contribution in [0.25, 0.3) is 0 Å². The molecule has 0 saturated carbocycles. The minimum Gasteiger partial charge on any atom is -0.460 e. The zero-order valence-corrected chi connectivity index (χ0v) is 12.3. The van der Waals surface area contributed by atoms with Gasteiger partial charge in [0.1, 0.15) is 0 Å². The van der Waals surface area contributed by atoms with Gasteiger partial charge in [-0.2, -0.15) is 0 Å². The molecule has 0 fully saturated rings. The van der Waals surface area contributed by atoms with Crippen LogP contribution in [-0.4, -0.2) is 41.4 Å². The zero-order chi connectivity index (χ0) is 15.2. The van der Waals surface area contributed by atoms with Gasteiger partial charge >= 0.3 is 11.9 Å². The van der Waals surface area contributed by atoms with Crippen molar-refractivity contribution in [1.29, 1.82) is 0 Å². The molecule has 2 atom stereocenters. The summed E-state index contributed by atoms with van der Waals surface area (Å²) in [5.41, 5.74) is 4.16. The lowest BCUT2D eigenvalue weighted by atomic mass is 9.88. The van der Waals surface area contributed by atoms with E-state index in [0.29, 0.717) is 0 Å². The van der Waals surface area contributed by atoms with Gasteiger partial charge in [-0.15, -0.1) is 0 Å². The van der Waals surface area contributed by atoms with Crippen LogP contribution >= 0.6 is 0 Å². The highest BCUT2D eigenvalue weighted by Gasteiger charge is 2.35. The fourth-order valence-electron chi connectivity index (χ4n) is 1.56. The van der Waals surface area contributed by atoms with Gasteiger partial charge in [-0.1, -0.05) is 0 Å². The third kappa shape index (κ3) is 6.54. The molecule has 0 amide bonds. The van der Waals surface area contributed by atoms with Crippen molar-refractivity contribution in [3.63, 3.8) is 0 Å². The molecular weight excluding hydrogens is 250 g/mol. The predicted octanol–water partition coefficient (Wildman–Crippen LogP) is 0.606. The van der Waals surface area contributed by atoms with E-state index < -0.39 is 29.6 Å². The molecule has 0 heterocycles. The van der Waals surface area contributed by atoms with Gasteiger partial charge in [0, 0.05) is 0 Å². The summed E-state index contributed by atoms with van der Waals surface area (Å²) in [4.78, 5) is 23.5. The molecule has 3 N–H and O–H groups in total. The Morgan fingerprint density at radius 3 is 2.05 bits per heavy atom. The number of nitrogens with two attached hydrogens (primary N) is 1. The summed E-state index contributed by atoms with van der Waals surface area (Å²) in [7, 11) is 0. The zero-order valence-electron chi connectivity index (χ0n) is 12.3. The maximum atomic E-state index is 11.9. The fourth-order valence-corrected chi connectivity index (χ4v) is 1.56. The highest BCUT2D eigenvalue weighted by atomic mass is 16.6. The number of carbonyl (C=O) groups is 2. The van der Waals surface area contributed by atoms with E-state index in [1.54, 1.807) is 13.8 Å². The van der Waals surface area contributed by atoms with Crippen molar-refractivity contribution >= 4 is 11.9 Å². The first-order valence-electron chi connectivity index (χ1n) is 6.43. The summed E-state index contributed by atoms with van der Waals surface area (Å²) in [5, 5.41) is 9.90. The van der Waals surface area contributed by atoms with Gasteiger partial charge in [0.2, 0.25) is 0 Å². The van der Waals surface area contributed by atoms with E-state index in [-0.39, 0.29) is 19.1 Å². The summed E-state index contributed by atoms with van der Waals surface area (Å²) >= 11 is 0. The molecule has 0 aliphatic carbocycles. The Morgan fingerprint density at radius 2 is 1.68 bits per heavy atom. The first-order chi connectivity index (χ1) is 8.59.